The lowest BCUT2D eigenvalue weighted by atomic mass is 10.2. The molecule has 1 aliphatic heterocycles. The number of hydrogen-bond donors (Lipinski definition) is 2. The van der Waals surface area contributed by atoms with Crippen LogP contribution in [-0.4, -0.2) is 68.9 Å². The van der Waals surface area contributed by atoms with Crippen molar-refractivity contribution in [2.75, 3.05) is 40.3 Å². The Bertz CT molecular complexity index is 380. The molecule has 1 aliphatic carbocycles. The Morgan fingerprint density at radius 2 is 1.86 bits per heavy atom. The summed E-state index contributed by atoms with van der Waals surface area (Å²) in [5.41, 5.74) is 0. The third kappa shape index (κ3) is 4.66. The van der Waals surface area contributed by atoms with Gasteiger partial charge in [0.2, 0.25) is 0 Å². The fourth-order valence-corrected chi connectivity index (χ4v) is 2.65. The molecule has 2 rings (SSSR count). The molecule has 0 aromatic heterocycles. The van der Waals surface area contributed by atoms with Gasteiger partial charge in [-0.3, -0.25) is 9.59 Å². The number of nitrogens with zero attached hydrogens (tertiary/aromatic N) is 1. The van der Waals surface area contributed by atoms with Gasteiger partial charge >= 0.3 is 11.8 Å². The van der Waals surface area contributed by atoms with Gasteiger partial charge in [0.25, 0.3) is 0 Å². The predicted octanol–water partition coefficient (Wildman–Crippen LogP) is -0.534. The fourth-order valence-electron chi connectivity index (χ4n) is 2.65. The van der Waals surface area contributed by atoms with Crippen LogP contribution >= 0.6 is 0 Å². The lowest BCUT2D eigenvalue weighted by Gasteiger charge is -2.21. The number of rotatable bonds is 5. The van der Waals surface area contributed by atoms with Crippen LogP contribution in [0, 0.1) is 0 Å². The van der Waals surface area contributed by atoms with E-state index in [0.717, 1.165) is 25.7 Å². The maximum atomic E-state index is 11.7. The van der Waals surface area contributed by atoms with Gasteiger partial charge in [-0.1, -0.05) is 0 Å². The van der Waals surface area contributed by atoms with Gasteiger partial charge in [-0.05, 0) is 26.9 Å². The molecule has 0 aromatic rings. The van der Waals surface area contributed by atoms with E-state index in [1.807, 2.05) is 19.0 Å². The lowest BCUT2D eigenvalue weighted by Crippen LogP contribution is -2.44. The first kappa shape index (κ1) is 16.2. The summed E-state index contributed by atoms with van der Waals surface area (Å²) in [6.07, 6.45) is 3.91. The summed E-state index contributed by atoms with van der Waals surface area (Å²) < 4.78 is 11.6. The molecule has 0 unspecified atom stereocenters. The second-order valence-corrected chi connectivity index (χ2v) is 5.94. The molecule has 7 nitrogen and oxygen atoms in total. The minimum absolute atomic E-state index is 0.165. The van der Waals surface area contributed by atoms with Gasteiger partial charge in [0, 0.05) is 32.5 Å². The highest BCUT2D eigenvalue weighted by Gasteiger charge is 2.43. The zero-order valence-corrected chi connectivity index (χ0v) is 12.8. The number of hydrogen-bond acceptors (Lipinski definition) is 5. The normalized spacial score (nSPS) is 23.7. The van der Waals surface area contributed by atoms with Crippen LogP contribution in [0.4, 0.5) is 0 Å². The highest BCUT2D eigenvalue weighted by Crippen LogP contribution is 2.38. The van der Waals surface area contributed by atoms with Crippen LogP contribution in [0.2, 0.25) is 0 Å². The third-order valence-corrected chi connectivity index (χ3v) is 3.82. The molecule has 120 valence electrons. The van der Waals surface area contributed by atoms with E-state index in [2.05, 4.69) is 10.6 Å². The molecule has 1 atom stereocenters. The number of ether oxygens (including phenoxy) is 2. The van der Waals surface area contributed by atoms with Crippen LogP contribution < -0.4 is 10.6 Å². The average molecular weight is 299 g/mol. The van der Waals surface area contributed by atoms with Crippen molar-refractivity contribution in [1.82, 2.24) is 15.5 Å². The molecular weight excluding hydrogens is 274 g/mol. The van der Waals surface area contributed by atoms with Gasteiger partial charge in [-0.25, -0.2) is 0 Å². The first-order valence-corrected chi connectivity index (χ1v) is 7.53. The Labute approximate surface area is 125 Å². The van der Waals surface area contributed by atoms with Crippen molar-refractivity contribution < 1.29 is 19.1 Å². The van der Waals surface area contributed by atoms with E-state index >= 15 is 0 Å². The van der Waals surface area contributed by atoms with Crippen molar-refractivity contribution in [2.24, 2.45) is 0 Å². The number of amides is 2. The topological polar surface area (TPSA) is 79.9 Å². The molecule has 1 spiro atoms. The van der Waals surface area contributed by atoms with Crippen molar-refractivity contribution in [3.05, 3.63) is 0 Å². The molecule has 0 bridgehead atoms. The molecule has 1 saturated heterocycles. The third-order valence-electron chi connectivity index (χ3n) is 3.82. The summed E-state index contributed by atoms with van der Waals surface area (Å²) in [6.45, 7) is 1.93. The van der Waals surface area contributed by atoms with Gasteiger partial charge in [-0.15, -0.1) is 0 Å². The van der Waals surface area contributed by atoms with E-state index in [1.165, 1.54) is 0 Å². The summed E-state index contributed by atoms with van der Waals surface area (Å²) in [4.78, 5) is 25.2. The van der Waals surface area contributed by atoms with Crippen LogP contribution in [-0.2, 0) is 19.1 Å². The summed E-state index contributed by atoms with van der Waals surface area (Å²) in [5, 5.41) is 5.17. The fraction of sp³-hybridized carbons (Fsp3) is 0.857. The van der Waals surface area contributed by atoms with Gasteiger partial charge in [0.05, 0.1) is 6.61 Å². The Balaban J connectivity index is 1.64. The van der Waals surface area contributed by atoms with Gasteiger partial charge in [0.1, 0.15) is 6.10 Å². The van der Waals surface area contributed by atoms with Gasteiger partial charge in [-0.2, -0.15) is 0 Å². The first-order chi connectivity index (χ1) is 10.0. The molecule has 2 fully saturated rings. The van der Waals surface area contributed by atoms with Crippen LogP contribution in [0.25, 0.3) is 0 Å². The monoisotopic (exact) mass is 299 g/mol. The van der Waals surface area contributed by atoms with E-state index < -0.39 is 17.6 Å². The standard InChI is InChI=1S/C14H25N3O4/c1-17(2)8-7-15-12(18)13(19)16-9-11-10-20-14(21-11)5-3-4-6-14/h11H,3-10H2,1-2H3,(H,15,18)(H,16,19)/t11-/m1/s1. The summed E-state index contributed by atoms with van der Waals surface area (Å²) in [7, 11) is 3.81. The van der Waals surface area contributed by atoms with Crippen LogP contribution in [0.1, 0.15) is 25.7 Å². The predicted molar refractivity (Wildman–Crippen MR) is 76.6 cm³/mol. The maximum Gasteiger partial charge on any atom is 0.309 e. The van der Waals surface area contributed by atoms with Crippen LogP contribution in [0.15, 0.2) is 0 Å². The zero-order valence-electron chi connectivity index (χ0n) is 12.8. The van der Waals surface area contributed by atoms with Crippen molar-refractivity contribution in [3.63, 3.8) is 0 Å². The molecule has 1 saturated carbocycles. The number of carbonyl (C=O) groups excluding carboxylic acids is 2. The minimum Gasteiger partial charge on any atom is -0.347 e. The van der Waals surface area contributed by atoms with E-state index in [9.17, 15) is 9.59 Å². The van der Waals surface area contributed by atoms with Crippen molar-refractivity contribution in [1.29, 1.82) is 0 Å². The highest BCUT2D eigenvalue weighted by molar-refractivity contribution is 6.35. The lowest BCUT2D eigenvalue weighted by molar-refractivity contribution is -0.161. The summed E-state index contributed by atoms with van der Waals surface area (Å²) in [5.74, 6) is -1.65. The Hall–Kier alpha value is -1.18. The van der Waals surface area contributed by atoms with E-state index in [1.54, 1.807) is 0 Å². The average Bonchev–Trinajstić information content (AvgIpc) is 3.06. The van der Waals surface area contributed by atoms with Crippen LogP contribution in [0.5, 0.6) is 0 Å². The molecule has 0 aromatic carbocycles. The second-order valence-electron chi connectivity index (χ2n) is 5.94. The Morgan fingerprint density at radius 1 is 1.19 bits per heavy atom. The molecule has 2 aliphatic rings. The summed E-state index contributed by atoms with van der Waals surface area (Å²) >= 11 is 0. The second kappa shape index (κ2) is 7.20. The van der Waals surface area contributed by atoms with Gasteiger partial charge in [0.15, 0.2) is 5.79 Å². The molecule has 2 amide bonds. The quantitative estimate of drug-likeness (QED) is 0.667. The molecule has 21 heavy (non-hydrogen) atoms. The Morgan fingerprint density at radius 3 is 2.52 bits per heavy atom. The van der Waals surface area contributed by atoms with E-state index in [4.69, 9.17) is 9.47 Å². The van der Waals surface area contributed by atoms with Crippen molar-refractivity contribution in [2.45, 2.75) is 37.6 Å². The molecule has 2 N–H and O–H groups in total. The van der Waals surface area contributed by atoms with Crippen LogP contribution in [0.3, 0.4) is 0 Å². The zero-order chi connectivity index (χ0) is 15.3. The van der Waals surface area contributed by atoms with Gasteiger partial charge < -0.3 is 25.0 Å². The molecular formula is C14H25N3O4. The maximum absolute atomic E-state index is 11.7. The first-order valence-electron chi connectivity index (χ1n) is 7.53. The summed E-state index contributed by atoms with van der Waals surface area (Å²) in [6, 6.07) is 0. The number of likely N-dealkylation sites (N-methyl/N-ethyl adjacent to an activating group) is 1. The van der Waals surface area contributed by atoms with Crippen molar-refractivity contribution in [3.8, 4) is 0 Å². The molecule has 1 heterocycles. The minimum atomic E-state index is -0.621. The Kier molecular flexibility index (Phi) is 5.55. The van der Waals surface area contributed by atoms with E-state index in [0.29, 0.717) is 26.2 Å². The largest absolute Gasteiger partial charge is 0.347 e. The SMILES string of the molecule is CN(C)CCNC(=O)C(=O)NC[C@@H]1COC2(CCCC2)O1. The molecule has 7 heteroatoms. The van der Waals surface area contributed by atoms with Crippen molar-refractivity contribution >= 4 is 11.8 Å². The molecule has 0 radical (unpaired) electrons. The number of carbonyl (C=O) groups is 2. The number of nitrogens with one attached hydrogen (secondary N) is 2. The van der Waals surface area contributed by atoms with E-state index in [-0.39, 0.29) is 6.10 Å². The highest BCUT2D eigenvalue weighted by atomic mass is 16.7. The smallest absolute Gasteiger partial charge is 0.309 e.